The molecule has 0 unspecified atom stereocenters. The standard InChI is InChI=1S/C10H16O7/c1-14-7(11)5-10(17-4,9(13)16-3)6-8(12)15-2/h5-6H2,1-4H3. The molecule has 0 aromatic carbocycles. The molecular weight excluding hydrogens is 232 g/mol. The highest BCUT2D eigenvalue weighted by Crippen LogP contribution is 2.23. The minimum Gasteiger partial charge on any atom is -0.469 e. The van der Waals surface area contributed by atoms with Gasteiger partial charge >= 0.3 is 17.9 Å². The Morgan fingerprint density at radius 2 is 1.24 bits per heavy atom. The van der Waals surface area contributed by atoms with Crippen molar-refractivity contribution < 1.29 is 33.3 Å². The fourth-order valence-corrected chi connectivity index (χ4v) is 1.23. The van der Waals surface area contributed by atoms with Gasteiger partial charge in [0.2, 0.25) is 0 Å². The second-order valence-corrected chi connectivity index (χ2v) is 3.20. The fourth-order valence-electron chi connectivity index (χ4n) is 1.23. The molecule has 98 valence electrons. The maximum Gasteiger partial charge on any atom is 0.339 e. The van der Waals surface area contributed by atoms with Gasteiger partial charge in [-0.05, 0) is 0 Å². The molecule has 0 aromatic rings. The maximum atomic E-state index is 11.6. The van der Waals surface area contributed by atoms with E-state index in [1.165, 1.54) is 7.11 Å². The van der Waals surface area contributed by atoms with E-state index in [1.54, 1.807) is 0 Å². The molecule has 7 nitrogen and oxygen atoms in total. The van der Waals surface area contributed by atoms with Crippen LogP contribution < -0.4 is 0 Å². The molecule has 0 fully saturated rings. The highest BCUT2D eigenvalue weighted by atomic mass is 16.6. The molecule has 0 radical (unpaired) electrons. The molecule has 7 heteroatoms. The van der Waals surface area contributed by atoms with E-state index < -0.39 is 36.4 Å². The van der Waals surface area contributed by atoms with Gasteiger partial charge in [0.05, 0.1) is 34.2 Å². The molecule has 0 rings (SSSR count). The first-order chi connectivity index (χ1) is 7.95. The summed E-state index contributed by atoms with van der Waals surface area (Å²) in [5.74, 6) is -2.22. The molecule has 0 saturated carbocycles. The molecule has 0 aromatic heterocycles. The molecule has 0 aliphatic rings. The van der Waals surface area contributed by atoms with Crippen molar-refractivity contribution in [1.82, 2.24) is 0 Å². The highest BCUT2D eigenvalue weighted by molar-refractivity contribution is 5.90. The lowest BCUT2D eigenvalue weighted by Crippen LogP contribution is -2.46. The first-order valence-corrected chi connectivity index (χ1v) is 4.73. The Kier molecular flexibility index (Phi) is 6.19. The molecule has 17 heavy (non-hydrogen) atoms. The predicted molar refractivity (Wildman–Crippen MR) is 55.0 cm³/mol. The minimum atomic E-state index is -1.71. The van der Waals surface area contributed by atoms with Gasteiger partial charge in [-0.25, -0.2) is 4.79 Å². The lowest BCUT2D eigenvalue weighted by Gasteiger charge is -2.27. The van der Waals surface area contributed by atoms with Crippen molar-refractivity contribution in [2.75, 3.05) is 28.4 Å². The summed E-state index contributed by atoms with van der Waals surface area (Å²) in [5.41, 5.74) is -1.71. The Hall–Kier alpha value is -1.63. The number of carbonyl (C=O) groups is 3. The van der Waals surface area contributed by atoms with Gasteiger partial charge < -0.3 is 18.9 Å². The lowest BCUT2D eigenvalue weighted by atomic mass is 9.95. The first-order valence-electron chi connectivity index (χ1n) is 4.73. The van der Waals surface area contributed by atoms with E-state index in [1.807, 2.05) is 0 Å². The van der Waals surface area contributed by atoms with Gasteiger partial charge in [0, 0.05) is 7.11 Å². The molecule has 0 heterocycles. The zero-order chi connectivity index (χ0) is 13.5. The summed E-state index contributed by atoms with van der Waals surface area (Å²) in [5, 5.41) is 0. The summed E-state index contributed by atoms with van der Waals surface area (Å²) in [6.45, 7) is 0. The molecule has 0 aliphatic heterocycles. The second kappa shape index (κ2) is 6.85. The number of hydrogen-bond donors (Lipinski definition) is 0. The van der Waals surface area contributed by atoms with Gasteiger partial charge in [0.15, 0.2) is 5.60 Å². The van der Waals surface area contributed by atoms with Crippen molar-refractivity contribution >= 4 is 17.9 Å². The van der Waals surface area contributed by atoms with E-state index in [-0.39, 0.29) is 0 Å². The Morgan fingerprint density at radius 1 is 0.824 bits per heavy atom. The maximum absolute atomic E-state index is 11.6. The number of carbonyl (C=O) groups excluding carboxylic acids is 3. The molecule has 0 saturated heterocycles. The van der Waals surface area contributed by atoms with Crippen LogP contribution in [0.3, 0.4) is 0 Å². The van der Waals surface area contributed by atoms with Crippen LogP contribution >= 0.6 is 0 Å². The van der Waals surface area contributed by atoms with Crippen LogP contribution in [0, 0.1) is 0 Å². The van der Waals surface area contributed by atoms with Crippen molar-refractivity contribution in [3.05, 3.63) is 0 Å². The van der Waals surface area contributed by atoms with Gasteiger partial charge in [-0.15, -0.1) is 0 Å². The van der Waals surface area contributed by atoms with Crippen LogP contribution in [0.4, 0.5) is 0 Å². The number of esters is 3. The third kappa shape index (κ3) is 4.03. The third-order valence-electron chi connectivity index (χ3n) is 2.26. The van der Waals surface area contributed by atoms with Gasteiger partial charge in [-0.1, -0.05) is 0 Å². The topological polar surface area (TPSA) is 88.1 Å². The van der Waals surface area contributed by atoms with Crippen molar-refractivity contribution in [3.8, 4) is 0 Å². The van der Waals surface area contributed by atoms with Crippen molar-refractivity contribution in [1.29, 1.82) is 0 Å². The quantitative estimate of drug-likeness (QED) is 0.469. The average molecular weight is 248 g/mol. The number of rotatable bonds is 6. The zero-order valence-electron chi connectivity index (χ0n) is 10.3. The van der Waals surface area contributed by atoms with Crippen LogP contribution in [0.1, 0.15) is 12.8 Å². The third-order valence-corrected chi connectivity index (χ3v) is 2.26. The number of ether oxygens (including phenoxy) is 4. The van der Waals surface area contributed by atoms with Crippen LogP contribution in [0.2, 0.25) is 0 Å². The van der Waals surface area contributed by atoms with E-state index in [0.29, 0.717) is 0 Å². The summed E-state index contributed by atoms with van der Waals surface area (Å²) in [6, 6.07) is 0. The van der Waals surface area contributed by atoms with Gasteiger partial charge in [-0.3, -0.25) is 9.59 Å². The summed E-state index contributed by atoms with van der Waals surface area (Å²) in [7, 11) is 4.66. The monoisotopic (exact) mass is 248 g/mol. The van der Waals surface area contributed by atoms with E-state index in [9.17, 15) is 14.4 Å². The Balaban J connectivity index is 5.06. The molecule has 0 bridgehead atoms. The van der Waals surface area contributed by atoms with Gasteiger partial charge in [-0.2, -0.15) is 0 Å². The van der Waals surface area contributed by atoms with Gasteiger partial charge in [0.1, 0.15) is 0 Å². The van der Waals surface area contributed by atoms with E-state index in [0.717, 1.165) is 21.3 Å². The predicted octanol–water partition coefficient (Wildman–Crippen LogP) is -0.329. The van der Waals surface area contributed by atoms with Crippen molar-refractivity contribution in [2.24, 2.45) is 0 Å². The Bertz CT molecular complexity index is 279. The Morgan fingerprint density at radius 3 is 1.47 bits per heavy atom. The van der Waals surface area contributed by atoms with Crippen molar-refractivity contribution in [3.63, 3.8) is 0 Å². The summed E-state index contributed by atoms with van der Waals surface area (Å²) >= 11 is 0. The normalized spacial score (nSPS) is 10.6. The molecule has 0 N–H and O–H groups in total. The molecule has 0 atom stereocenters. The highest BCUT2D eigenvalue weighted by Gasteiger charge is 2.45. The van der Waals surface area contributed by atoms with Crippen LogP contribution in [-0.2, 0) is 33.3 Å². The minimum absolute atomic E-state index is 0.429. The van der Waals surface area contributed by atoms with E-state index in [4.69, 9.17) is 4.74 Å². The van der Waals surface area contributed by atoms with Crippen LogP contribution in [0.25, 0.3) is 0 Å². The van der Waals surface area contributed by atoms with E-state index >= 15 is 0 Å². The lowest BCUT2D eigenvalue weighted by molar-refractivity contribution is -0.178. The number of methoxy groups -OCH3 is 4. The van der Waals surface area contributed by atoms with Crippen LogP contribution in [0.5, 0.6) is 0 Å². The second-order valence-electron chi connectivity index (χ2n) is 3.20. The van der Waals surface area contributed by atoms with Crippen LogP contribution in [-0.4, -0.2) is 51.9 Å². The summed E-state index contributed by atoms with van der Waals surface area (Å²) in [6.07, 6.45) is -0.858. The van der Waals surface area contributed by atoms with Crippen molar-refractivity contribution in [2.45, 2.75) is 18.4 Å². The molecular formula is C10H16O7. The van der Waals surface area contributed by atoms with Gasteiger partial charge in [0.25, 0.3) is 0 Å². The largest absolute Gasteiger partial charge is 0.469 e. The zero-order valence-corrected chi connectivity index (χ0v) is 10.3. The van der Waals surface area contributed by atoms with E-state index in [2.05, 4.69) is 14.2 Å². The van der Waals surface area contributed by atoms with Crippen LogP contribution in [0.15, 0.2) is 0 Å². The SMILES string of the molecule is COC(=O)CC(CC(=O)OC)(OC)C(=O)OC. The molecule has 0 amide bonds. The summed E-state index contributed by atoms with van der Waals surface area (Å²) in [4.78, 5) is 34.0. The molecule has 0 spiro atoms. The first kappa shape index (κ1) is 15.4. The smallest absolute Gasteiger partial charge is 0.339 e. The number of hydrogen-bond acceptors (Lipinski definition) is 7. The molecule has 0 aliphatic carbocycles. The summed E-state index contributed by atoms with van der Waals surface area (Å²) < 4.78 is 18.4. The fraction of sp³-hybridized carbons (Fsp3) is 0.700. The average Bonchev–Trinajstić information content (AvgIpc) is 2.36. The Labute approximate surface area is 99.0 Å².